The Morgan fingerprint density at radius 1 is 1.32 bits per heavy atom. The summed E-state index contributed by atoms with van der Waals surface area (Å²) in [6.45, 7) is 15.1. The number of halogens is 1. The maximum absolute atomic E-state index is 6.27. The second-order valence-corrected chi connectivity index (χ2v) is 13.1. The first-order valence-electron chi connectivity index (χ1n) is 8.02. The first-order chi connectivity index (χ1) is 10.2. The van der Waals surface area contributed by atoms with Crippen LogP contribution in [0.25, 0.3) is 0 Å². The van der Waals surface area contributed by atoms with E-state index in [2.05, 4.69) is 60.8 Å². The zero-order valence-corrected chi connectivity index (χ0v) is 17.0. The summed E-state index contributed by atoms with van der Waals surface area (Å²) in [7, 11) is -1.62. The van der Waals surface area contributed by atoms with Crippen molar-refractivity contribution in [1.82, 2.24) is 0 Å². The molecule has 5 heteroatoms. The first kappa shape index (κ1) is 17.8. The van der Waals surface area contributed by atoms with Crippen LogP contribution in [0.1, 0.15) is 27.2 Å². The van der Waals surface area contributed by atoms with E-state index in [1.165, 1.54) is 5.69 Å². The Kier molecular flexibility index (Phi) is 5.62. The maximum Gasteiger partial charge on any atom is 0.191 e. The van der Waals surface area contributed by atoms with Gasteiger partial charge in [0, 0.05) is 17.6 Å². The highest BCUT2D eigenvalue weighted by Crippen LogP contribution is 2.37. The van der Waals surface area contributed by atoms with Gasteiger partial charge in [0.1, 0.15) is 12.4 Å². The van der Waals surface area contributed by atoms with E-state index in [1.54, 1.807) is 0 Å². The molecule has 1 aliphatic rings. The van der Waals surface area contributed by atoms with Crippen molar-refractivity contribution in [3.8, 4) is 5.75 Å². The average molecular weight is 386 g/mol. The Hall–Kier alpha value is -0.523. The lowest BCUT2D eigenvalue weighted by Crippen LogP contribution is -2.41. The third-order valence-electron chi connectivity index (χ3n) is 4.72. The van der Waals surface area contributed by atoms with Crippen LogP contribution in [0.15, 0.2) is 22.7 Å². The Labute approximate surface area is 144 Å². The minimum atomic E-state index is -1.62. The molecule has 2 rings (SSSR count). The van der Waals surface area contributed by atoms with Crippen molar-refractivity contribution in [1.29, 1.82) is 0 Å². The smallest absolute Gasteiger partial charge is 0.191 e. The largest absolute Gasteiger partial charge is 0.490 e. The lowest BCUT2D eigenvalue weighted by Gasteiger charge is -2.36. The molecule has 0 unspecified atom stereocenters. The van der Waals surface area contributed by atoms with Crippen molar-refractivity contribution in [3.63, 3.8) is 0 Å². The van der Waals surface area contributed by atoms with Crippen LogP contribution in [0.4, 0.5) is 5.69 Å². The lowest BCUT2D eigenvalue weighted by atomic mass is 10.2. The summed E-state index contributed by atoms with van der Waals surface area (Å²) >= 11 is 3.55. The minimum absolute atomic E-state index is 0.281. The van der Waals surface area contributed by atoms with Crippen LogP contribution >= 0.6 is 15.9 Å². The van der Waals surface area contributed by atoms with E-state index in [1.807, 2.05) is 12.1 Å². The van der Waals surface area contributed by atoms with E-state index < -0.39 is 8.32 Å². The number of rotatable bonds is 5. The summed E-state index contributed by atoms with van der Waals surface area (Å²) in [4.78, 5) is 2.40. The van der Waals surface area contributed by atoms with Gasteiger partial charge in [-0.25, -0.2) is 0 Å². The lowest BCUT2D eigenvalue weighted by molar-refractivity contribution is 0.276. The minimum Gasteiger partial charge on any atom is -0.490 e. The predicted molar refractivity (Wildman–Crippen MR) is 99.6 cm³/mol. The third kappa shape index (κ3) is 4.27. The van der Waals surface area contributed by atoms with Crippen molar-refractivity contribution < 1.29 is 9.16 Å². The number of ether oxygens (including phenoxy) is 1. The Bertz CT molecular complexity index is 514. The van der Waals surface area contributed by atoms with E-state index in [0.717, 1.165) is 42.9 Å². The molecule has 0 spiro atoms. The Morgan fingerprint density at radius 2 is 2.05 bits per heavy atom. The van der Waals surface area contributed by atoms with Gasteiger partial charge in [0.25, 0.3) is 0 Å². The van der Waals surface area contributed by atoms with Gasteiger partial charge in [0.05, 0.1) is 12.2 Å². The van der Waals surface area contributed by atoms with Gasteiger partial charge in [-0.3, -0.25) is 0 Å². The van der Waals surface area contributed by atoms with Gasteiger partial charge in [0.15, 0.2) is 8.32 Å². The Morgan fingerprint density at radius 3 is 2.73 bits per heavy atom. The fourth-order valence-corrected chi connectivity index (χ4v) is 3.71. The molecule has 0 N–H and O–H groups in total. The number of hydrogen-bond donors (Lipinski definition) is 0. The fourth-order valence-electron chi connectivity index (χ4n) is 2.28. The summed E-state index contributed by atoms with van der Waals surface area (Å²) in [6, 6.07) is 6.21. The van der Waals surface area contributed by atoms with Crippen LogP contribution in [0.5, 0.6) is 5.75 Å². The van der Waals surface area contributed by atoms with Gasteiger partial charge in [-0.2, -0.15) is 0 Å². The molecule has 0 amide bonds. The molecular formula is C17H28BrNO2Si. The molecule has 0 fully saturated rings. The SMILES string of the molecule is CC(C)(C)[Si](C)(C)OCCCN1CCOc2ccc(Br)cc21. The molecule has 1 aliphatic heterocycles. The van der Waals surface area contributed by atoms with Crippen LogP contribution in [0.2, 0.25) is 18.1 Å². The molecule has 1 heterocycles. The van der Waals surface area contributed by atoms with Crippen LogP contribution < -0.4 is 9.64 Å². The predicted octanol–water partition coefficient (Wildman–Crippen LogP) is 5.06. The van der Waals surface area contributed by atoms with Gasteiger partial charge < -0.3 is 14.1 Å². The molecule has 1 aromatic rings. The molecule has 22 heavy (non-hydrogen) atoms. The molecule has 0 saturated heterocycles. The van der Waals surface area contributed by atoms with E-state index in [9.17, 15) is 0 Å². The number of anilines is 1. The molecule has 124 valence electrons. The molecule has 0 aromatic heterocycles. The van der Waals surface area contributed by atoms with Crippen molar-refractivity contribution in [2.24, 2.45) is 0 Å². The summed E-state index contributed by atoms with van der Waals surface area (Å²) in [5.74, 6) is 0.986. The average Bonchev–Trinajstić information content (AvgIpc) is 2.42. The summed E-state index contributed by atoms with van der Waals surface area (Å²) < 4.78 is 13.1. The zero-order chi connectivity index (χ0) is 16.4. The third-order valence-corrected chi connectivity index (χ3v) is 9.75. The first-order valence-corrected chi connectivity index (χ1v) is 11.7. The van der Waals surface area contributed by atoms with Crippen molar-refractivity contribution in [2.75, 3.05) is 31.2 Å². The van der Waals surface area contributed by atoms with Crippen molar-refractivity contribution >= 4 is 29.9 Å². The standard InChI is InChI=1S/C17H28BrNO2Si/c1-17(2,3)22(4,5)21-11-6-9-19-10-12-20-16-8-7-14(18)13-15(16)19/h7-8,13H,6,9-12H2,1-5H3. The van der Waals surface area contributed by atoms with Gasteiger partial charge >= 0.3 is 0 Å². The summed E-state index contributed by atoms with van der Waals surface area (Å²) in [6.07, 6.45) is 1.05. The second-order valence-electron chi connectivity index (χ2n) is 7.41. The van der Waals surface area contributed by atoms with E-state index in [4.69, 9.17) is 9.16 Å². The Balaban J connectivity index is 1.88. The molecule has 0 atom stereocenters. The second kappa shape index (κ2) is 6.93. The quantitative estimate of drug-likeness (QED) is 0.522. The molecule has 1 aromatic carbocycles. The maximum atomic E-state index is 6.27. The van der Waals surface area contributed by atoms with E-state index in [0.29, 0.717) is 0 Å². The van der Waals surface area contributed by atoms with Gasteiger partial charge in [-0.1, -0.05) is 36.7 Å². The zero-order valence-electron chi connectivity index (χ0n) is 14.4. The van der Waals surface area contributed by atoms with Crippen molar-refractivity contribution in [2.45, 2.75) is 45.3 Å². The highest BCUT2D eigenvalue weighted by Gasteiger charge is 2.36. The molecule has 0 bridgehead atoms. The number of hydrogen-bond acceptors (Lipinski definition) is 3. The van der Waals surface area contributed by atoms with Gasteiger partial charge in [-0.15, -0.1) is 0 Å². The van der Waals surface area contributed by atoms with E-state index in [-0.39, 0.29) is 5.04 Å². The van der Waals surface area contributed by atoms with Gasteiger partial charge in [-0.05, 0) is 42.8 Å². The number of fused-ring (bicyclic) bond motifs is 1. The van der Waals surface area contributed by atoms with Crippen LogP contribution in [0.3, 0.4) is 0 Å². The van der Waals surface area contributed by atoms with Gasteiger partial charge in [0.2, 0.25) is 0 Å². The normalized spacial score (nSPS) is 15.5. The number of nitrogens with zero attached hydrogens (tertiary/aromatic N) is 1. The summed E-state index contributed by atoms with van der Waals surface area (Å²) in [5, 5.41) is 0.281. The van der Waals surface area contributed by atoms with E-state index >= 15 is 0 Å². The highest BCUT2D eigenvalue weighted by molar-refractivity contribution is 9.10. The summed E-state index contributed by atoms with van der Waals surface area (Å²) in [5.41, 5.74) is 1.19. The molecule has 3 nitrogen and oxygen atoms in total. The molecule has 0 aliphatic carbocycles. The van der Waals surface area contributed by atoms with Crippen LogP contribution in [-0.4, -0.2) is 34.6 Å². The monoisotopic (exact) mass is 385 g/mol. The van der Waals surface area contributed by atoms with Crippen LogP contribution in [0, 0.1) is 0 Å². The topological polar surface area (TPSA) is 21.7 Å². The fraction of sp³-hybridized carbons (Fsp3) is 0.647. The molecule has 0 saturated carbocycles. The van der Waals surface area contributed by atoms with Crippen LogP contribution in [-0.2, 0) is 4.43 Å². The highest BCUT2D eigenvalue weighted by atomic mass is 79.9. The molecule has 0 radical (unpaired) electrons. The molecular weight excluding hydrogens is 358 g/mol. The number of benzene rings is 1. The van der Waals surface area contributed by atoms with Crippen molar-refractivity contribution in [3.05, 3.63) is 22.7 Å².